The lowest BCUT2D eigenvalue weighted by molar-refractivity contribution is 0.420. The van der Waals surface area contributed by atoms with Crippen LogP contribution in [0.2, 0.25) is 0 Å². The molecule has 1 aliphatic rings. The van der Waals surface area contributed by atoms with Gasteiger partial charge in [0.1, 0.15) is 17.2 Å². The Bertz CT molecular complexity index is 1170. The summed E-state index contributed by atoms with van der Waals surface area (Å²) >= 11 is 0. The maximum absolute atomic E-state index is 6.02. The number of allylic oxidation sites excluding steroid dienone is 1. The van der Waals surface area contributed by atoms with Crippen molar-refractivity contribution in [1.29, 1.82) is 0 Å². The van der Waals surface area contributed by atoms with Crippen molar-refractivity contribution in [2.24, 2.45) is 5.92 Å². The highest BCUT2D eigenvalue weighted by Crippen LogP contribution is 2.31. The number of anilines is 1. The Morgan fingerprint density at radius 3 is 2.75 bits per heavy atom. The van der Waals surface area contributed by atoms with E-state index in [0.717, 1.165) is 39.7 Å². The Balaban J connectivity index is 1.51. The van der Waals surface area contributed by atoms with Crippen LogP contribution in [0.15, 0.2) is 36.4 Å². The number of H-pyrrole nitrogens is 2. The number of aromatic nitrogens is 4. The number of hydrogen-bond acceptors (Lipinski definition) is 3. The number of fused-ring (bicyclic) bond motifs is 2. The molecule has 5 rings (SSSR count). The molecule has 0 spiro atoms. The molecule has 1 saturated carbocycles. The number of nitrogens with one attached hydrogen (secondary N) is 2. The minimum atomic E-state index is 0.487. The second-order valence-corrected chi connectivity index (χ2v) is 7.90. The van der Waals surface area contributed by atoms with Crippen molar-refractivity contribution >= 4 is 34.0 Å². The number of nitrogens with zero attached hydrogens (tertiary/aromatic N) is 2. The standard InChI is InChI=1S/C23H25N5/c1-14-25-22-18(13-21(24)28-23(22)26-14)20-12-17-11-16(9-10-19(17)27-20)8-7-15-5-3-2-4-6-15/h7-13,15,27H,2-6H2,1H3,(H3,24,25,26,28)/b8-7+. The van der Waals surface area contributed by atoms with E-state index in [1.807, 2.05) is 13.0 Å². The molecule has 28 heavy (non-hydrogen) atoms. The highest BCUT2D eigenvalue weighted by atomic mass is 15.0. The molecule has 5 heteroatoms. The predicted octanol–water partition coefficient (Wildman–Crippen LogP) is 5.59. The van der Waals surface area contributed by atoms with Crippen LogP contribution < -0.4 is 5.73 Å². The number of nitrogen functional groups attached to an aromatic ring is 1. The van der Waals surface area contributed by atoms with Crippen LogP contribution in [0.3, 0.4) is 0 Å². The van der Waals surface area contributed by atoms with Crippen molar-refractivity contribution in [2.45, 2.75) is 39.0 Å². The minimum absolute atomic E-state index is 0.487. The first kappa shape index (κ1) is 17.0. The van der Waals surface area contributed by atoms with Crippen molar-refractivity contribution in [3.05, 3.63) is 47.8 Å². The van der Waals surface area contributed by atoms with Gasteiger partial charge in [0.05, 0.1) is 0 Å². The van der Waals surface area contributed by atoms with Crippen LogP contribution >= 0.6 is 0 Å². The zero-order valence-electron chi connectivity index (χ0n) is 16.1. The van der Waals surface area contributed by atoms with Gasteiger partial charge in [-0.1, -0.05) is 37.5 Å². The first-order valence-corrected chi connectivity index (χ1v) is 10.1. The molecule has 4 aromatic rings. The third-order valence-corrected chi connectivity index (χ3v) is 5.74. The molecule has 3 heterocycles. The lowest BCUT2D eigenvalue weighted by Crippen LogP contribution is -2.02. The normalized spacial score (nSPS) is 15.9. The van der Waals surface area contributed by atoms with Crippen LogP contribution in [-0.4, -0.2) is 19.9 Å². The zero-order chi connectivity index (χ0) is 19.1. The van der Waals surface area contributed by atoms with Crippen LogP contribution in [0.25, 0.3) is 39.4 Å². The van der Waals surface area contributed by atoms with Gasteiger partial charge in [0, 0.05) is 22.2 Å². The second kappa shape index (κ2) is 6.82. The molecule has 142 valence electrons. The van der Waals surface area contributed by atoms with E-state index < -0.39 is 0 Å². The third kappa shape index (κ3) is 3.17. The van der Waals surface area contributed by atoms with Crippen molar-refractivity contribution in [3.8, 4) is 11.3 Å². The van der Waals surface area contributed by atoms with E-state index in [0.29, 0.717) is 5.82 Å². The number of imidazole rings is 1. The summed E-state index contributed by atoms with van der Waals surface area (Å²) in [6.07, 6.45) is 11.5. The van der Waals surface area contributed by atoms with E-state index in [1.54, 1.807) is 0 Å². The summed E-state index contributed by atoms with van der Waals surface area (Å²) in [6, 6.07) is 10.6. The molecular weight excluding hydrogens is 346 g/mol. The van der Waals surface area contributed by atoms with Crippen molar-refractivity contribution in [3.63, 3.8) is 0 Å². The average Bonchev–Trinajstić information content (AvgIpc) is 3.28. The van der Waals surface area contributed by atoms with Gasteiger partial charge in [-0.05, 0) is 55.5 Å². The Morgan fingerprint density at radius 2 is 1.89 bits per heavy atom. The van der Waals surface area contributed by atoms with E-state index in [2.05, 4.69) is 56.4 Å². The van der Waals surface area contributed by atoms with Crippen molar-refractivity contribution in [2.75, 3.05) is 5.73 Å². The number of nitrogens with two attached hydrogens (primary N) is 1. The average molecular weight is 371 g/mol. The number of benzene rings is 1. The zero-order valence-corrected chi connectivity index (χ0v) is 16.1. The number of hydrogen-bond donors (Lipinski definition) is 3. The highest BCUT2D eigenvalue weighted by Gasteiger charge is 2.13. The van der Waals surface area contributed by atoms with Crippen LogP contribution in [-0.2, 0) is 0 Å². The minimum Gasteiger partial charge on any atom is -0.384 e. The van der Waals surface area contributed by atoms with Crippen molar-refractivity contribution < 1.29 is 0 Å². The molecule has 5 nitrogen and oxygen atoms in total. The fraction of sp³-hybridized carbons (Fsp3) is 0.304. The lowest BCUT2D eigenvalue weighted by atomic mass is 9.89. The Morgan fingerprint density at radius 1 is 1.04 bits per heavy atom. The first-order chi connectivity index (χ1) is 13.7. The van der Waals surface area contributed by atoms with Crippen molar-refractivity contribution in [1.82, 2.24) is 19.9 Å². The van der Waals surface area contributed by atoms with E-state index in [1.165, 1.54) is 43.1 Å². The maximum Gasteiger partial charge on any atom is 0.160 e. The molecule has 1 aromatic carbocycles. The van der Waals surface area contributed by atoms with E-state index in [9.17, 15) is 0 Å². The van der Waals surface area contributed by atoms with Gasteiger partial charge in [0.15, 0.2) is 5.65 Å². The topological polar surface area (TPSA) is 83.4 Å². The molecule has 1 fully saturated rings. The molecule has 0 aliphatic heterocycles. The summed E-state index contributed by atoms with van der Waals surface area (Å²) in [5, 5.41) is 1.19. The summed E-state index contributed by atoms with van der Waals surface area (Å²) < 4.78 is 0. The molecule has 0 saturated heterocycles. The molecular formula is C23H25N5. The van der Waals surface area contributed by atoms with Crippen LogP contribution in [0.1, 0.15) is 43.5 Å². The fourth-order valence-electron chi connectivity index (χ4n) is 4.30. The van der Waals surface area contributed by atoms with Gasteiger partial charge >= 0.3 is 0 Å². The lowest BCUT2D eigenvalue weighted by Gasteiger charge is -2.17. The summed E-state index contributed by atoms with van der Waals surface area (Å²) in [4.78, 5) is 15.6. The van der Waals surface area contributed by atoms with Crippen LogP contribution in [0.5, 0.6) is 0 Å². The van der Waals surface area contributed by atoms with E-state index in [4.69, 9.17) is 5.73 Å². The highest BCUT2D eigenvalue weighted by molar-refractivity contribution is 5.95. The molecule has 1 aliphatic carbocycles. The van der Waals surface area contributed by atoms with Gasteiger partial charge in [-0.15, -0.1) is 0 Å². The summed E-state index contributed by atoms with van der Waals surface area (Å²) in [5.74, 6) is 2.06. The van der Waals surface area contributed by atoms with Gasteiger partial charge in [-0.25, -0.2) is 9.97 Å². The molecule has 0 amide bonds. The Kier molecular flexibility index (Phi) is 4.15. The number of aromatic amines is 2. The largest absolute Gasteiger partial charge is 0.384 e. The number of pyridine rings is 1. The van der Waals surface area contributed by atoms with Gasteiger partial charge in [-0.2, -0.15) is 0 Å². The molecule has 3 aromatic heterocycles. The van der Waals surface area contributed by atoms with Gasteiger partial charge in [-0.3, -0.25) is 0 Å². The quantitative estimate of drug-likeness (QED) is 0.439. The molecule has 0 radical (unpaired) electrons. The maximum atomic E-state index is 6.02. The van der Waals surface area contributed by atoms with Gasteiger partial charge in [0.25, 0.3) is 0 Å². The predicted molar refractivity (Wildman–Crippen MR) is 116 cm³/mol. The Hall–Kier alpha value is -3.08. The molecule has 0 bridgehead atoms. The second-order valence-electron chi connectivity index (χ2n) is 7.90. The van der Waals surface area contributed by atoms with Gasteiger partial charge in [0.2, 0.25) is 0 Å². The Labute approximate surface area is 164 Å². The number of rotatable bonds is 3. The molecule has 0 unspecified atom stereocenters. The van der Waals surface area contributed by atoms with E-state index >= 15 is 0 Å². The number of aryl methyl sites for hydroxylation is 1. The fourth-order valence-corrected chi connectivity index (χ4v) is 4.30. The summed E-state index contributed by atoms with van der Waals surface area (Å²) in [7, 11) is 0. The summed E-state index contributed by atoms with van der Waals surface area (Å²) in [5.41, 5.74) is 11.9. The third-order valence-electron chi connectivity index (χ3n) is 5.74. The summed E-state index contributed by atoms with van der Waals surface area (Å²) in [6.45, 7) is 1.93. The monoisotopic (exact) mass is 371 g/mol. The van der Waals surface area contributed by atoms with Crippen LogP contribution in [0.4, 0.5) is 5.82 Å². The molecule has 4 N–H and O–H groups in total. The van der Waals surface area contributed by atoms with Crippen LogP contribution in [0, 0.1) is 12.8 Å². The smallest absolute Gasteiger partial charge is 0.160 e. The molecule has 0 atom stereocenters. The SMILES string of the molecule is Cc1nc2c(-c3cc4cc(/C=C/C5CCCCC5)ccc4[nH]3)cc(N)nc2[nH]1. The van der Waals surface area contributed by atoms with Gasteiger partial charge < -0.3 is 15.7 Å². The first-order valence-electron chi connectivity index (χ1n) is 10.1. The van der Waals surface area contributed by atoms with E-state index in [-0.39, 0.29) is 0 Å².